The molecule has 8 heteroatoms. The van der Waals surface area contributed by atoms with E-state index in [9.17, 15) is 19.5 Å². The Kier molecular flexibility index (Phi) is 9.49. The zero-order valence-corrected chi connectivity index (χ0v) is 22.3. The number of hydrogen-bond acceptors (Lipinski definition) is 6. The van der Waals surface area contributed by atoms with Crippen LogP contribution in [-0.2, 0) is 19.1 Å². The predicted octanol–water partition coefficient (Wildman–Crippen LogP) is 3.42. The van der Waals surface area contributed by atoms with Crippen LogP contribution in [0.3, 0.4) is 0 Å². The molecular weight excluding hydrogens is 464 g/mol. The molecule has 3 fully saturated rings. The molecule has 2 bridgehead atoms. The Morgan fingerprint density at radius 3 is 2.66 bits per heavy atom. The number of rotatable bonds is 14. The van der Waals surface area contributed by atoms with Crippen molar-refractivity contribution in [1.82, 2.24) is 9.80 Å². The summed E-state index contributed by atoms with van der Waals surface area (Å²) in [6.07, 6.45) is 8.08. The molecule has 1 N–H and O–H groups in total. The number of amides is 2. The second-order valence-corrected chi connectivity index (χ2v) is 11.6. The van der Waals surface area contributed by atoms with Gasteiger partial charge in [0.1, 0.15) is 6.04 Å². The third-order valence-electron chi connectivity index (χ3n) is 8.00. The minimum absolute atomic E-state index is 0.0407. The third-order valence-corrected chi connectivity index (χ3v) is 10.1. The number of esters is 1. The fraction of sp³-hybridized carbons (Fsp3) is 0.741. The quantitative estimate of drug-likeness (QED) is 0.221. The number of aliphatic hydroxyl groups excluding tert-OH is 1. The first-order valence-electron chi connectivity index (χ1n) is 13.1. The summed E-state index contributed by atoms with van der Waals surface area (Å²) in [5.41, 5.74) is 0. The number of unbranched alkanes of at least 4 members (excludes halogenated alkanes) is 2. The molecule has 3 aliphatic heterocycles. The lowest BCUT2D eigenvalue weighted by Crippen LogP contribution is -2.59. The van der Waals surface area contributed by atoms with Gasteiger partial charge in [-0.05, 0) is 38.0 Å². The molecule has 0 aliphatic carbocycles. The van der Waals surface area contributed by atoms with Gasteiger partial charge < -0.3 is 19.6 Å². The highest BCUT2D eigenvalue weighted by molar-refractivity contribution is 8.02. The third kappa shape index (κ3) is 4.80. The molecule has 7 nitrogen and oxygen atoms in total. The van der Waals surface area contributed by atoms with E-state index in [2.05, 4.69) is 27.0 Å². The molecular formula is C27H42N2O5S. The van der Waals surface area contributed by atoms with E-state index >= 15 is 0 Å². The van der Waals surface area contributed by atoms with E-state index in [1.807, 2.05) is 6.92 Å². The second-order valence-electron chi connectivity index (χ2n) is 10.1. The molecule has 7 atom stereocenters. The van der Waals surface area contributed by atoms with Crippen molar-refractivity contribution in [2.24, 2.45) is 17.8 Å². The van der Waals surface area contributed by atoms with Crippen LogP contribution in [0.4, 0.5) is 0 Å². The second kappa shape index (κ2) is 12.0. The topological polar surface area (TPSA) is 87.2 Å². The summed E-state index contributed by atoms with van der Waals surface area (Å²) >= 11 is 1.64. The van der Waals surface area contributed by atoms with Crippen LogP contribution in [0.1, 0.15) is 59.3 Å². The van der Waals surface area contributed by atoms with Gasteiger partial charge >= 0.3 is 5.97 Å². The molecule has 3 heterocycles. The van der Waals surface area contributed by atoms with Gasteiger partial charge in [0, 0.05) is 18.3 Å². The van der Waals surface area contributed by atoms with Crippen LogP contribution < -0.4 is 0 Å². The van der Waals surface area contributed by atoms with E-state index in [1.54, 1.807) is 33.7 Å². The smallest absolute Gasteiger partial charge is 0.310 e. The number of likely N-dealkylation sites (tertiary alicyclic amines) is 1. The molecule has 0 radical (unpaired) electrons. The van der Waals surface area contributed by atoms with Crippen LogP contribution in [0.5, 0.6) is 0 Å². The standard InChI is InChI=1S/C27H42N2O5S/c1-6-10-12-15-34-26(33)21-20-16-18(5)27(35-20)22(21)24(31)29(19(9-4)17-30)23(27)25(32)28(13-8-3)14-11-7-2/h6,8,18-23,30H,1,3,7,9-17H2,2,4-5H3/t18?,19-,20-,21+,22-,23?,27?/m0/s1. The van der Waals surface area contributed by atoms with Crippen molar-refractivity contribution in [3.63, 3.8) is 0 Å². The summed E-state index contributed by atoms with van der Waals surface area (Å²) in [7, 11) is 0. The van der Waals surface area contributed by atoms with Gasteiger partial charge in [0.25, 0.3) is 0 Å². The fourth-order valence-corrected chi connectivity index (χ4v) is 8.67. The van der Waals surface area contributed by atoms with Gasteiger partial charge in [-0.2, -0.15) is 0 Å². The van der Waals surface area contributed by atoms with E-state index in [0.29, 0.717) is 32.5 Å². The highest BCUT2D eigenvalue weighted by Gasteiger charge is 2.77. The Morgan fingerprint density at radius 2 is 2.06 bits per heavy atom. The number of carbonyl (C=O) groups excluding carboxylic acids is 3. The fourth-order valence-electron chi connectivity index (χ4n) is 6.28. The average Bonchev–Trinajstić information content (AvgIpc) is 3.44. The number of thioether (sulfide) groups is 1. The minimum atomic E-state index is -0.711. The van der Waals surface area contributed by atoms with Gasteiger partial charge in [-0.3, -0.25) is 14.4 Å². The van der Waals surface area contributed by atoms with Gasteiger partial charge in [-0.1, -0.05) is 39.3 Å². The molecule has 0 saturated carbocycles. The summed E-state index contributed by atoms with van der Waals surface area (Å²) in [6, 6.07) is -1.18. The highest BCUT2D eigenvalue weighted by atomic mass is 32.2. The molecule has 0 aromatic carbocycles. The number of fused-ring (bicyclic) bond motifs is 1. The molecule has 196 valence electrons. The largest absolute Gasteiger partial charge is 0.465 e. The number of allylic oxidation sites excluding steroid dienone is 1. The van der Waals surface area contributed by atoms with Crippen molar-refractivity contribution >= 4 is 29.5 Å². The van der Waals surface area contributed by atoms with Crippen LogP contribution in [0.15, 0.2) is 25.3 Å². The van der Waals surface area contributed by atoms with Crippen molar-refractivity contribution < 1.29 is 24.2 Å². The first kappa shape index (κ1) is 27.8. The summed E-state index contributed by atoms with van der Waals surface area (Å²) in [5.74, 6) is -1.71. The molecule has 3 saturated heterocycles. The molecule has 35 heavy (non-hydrogen) atoms. The monoisotopic (exact) mass is 506 g/mol. The maximum absolute atomic E-state index is 14.2. The maximum Gasteiger partial charge on any atom is 0.310 e. The van der Waals surface area contributed by atoms with E-state index in [-0.39, 0.29) is 35.6 Å². The normalized spacial score (nSPS) is 31.8. The zero-order valence-electron chi connectivity index (χ0n) is 21.5. The Hall–Kier alpha value is -1.80. The van der Waals surface area contributed by atoms with Crippen LogP contribution in [0, 0.1) is 17.8 Å². The SMILES string of the molecule is C=CCCCOC(=O)[C@@H]1[C@@H]2CC(C)C3(S2)C(C(=O)N(CC=C)CCCC)N([C@@H](CC)CO)C(=O)[C@H]13. The molecule has 3 aliphatic rings. The van der Waals surface area contributed by atoms with Crippen molar-refractivity contribution in [1.29, 1.82) is 0 Å². The maximum atomic E-state index is 14.2. The Balaban J connectivity index is 2.01. The molecule has 0 aromatic rings. The molecule has 1 spiro atoms. The lowest BCUT2D eigenvalue weighted by atomic mass is 9.66. The number of ether oxygens (including phenoxy) is 1. The first-order chi connectivity index (χ1) is 16.8. The van der Waals surface area contributed by atoms with Crippen LogP contribution >= 0.6 is 11.8 Å². The van der Waals surface area contributed by atoms with E-state index in [0.717, 1.165) is 25.7 Å². The molecule has 3 unspecified atom stereocenters. The summed E-state index contributed by atoms with van der Waals surface area (Å²) < 4.78 is 4.93. The first-order valence-corrected chi connectivity index (χ1v) is 14.0. The van der Waals surface area contributed by atoms with Crippen LogP contribution in [0.25, 0.3) is 0 Å². The van der Waals surface area contributed by atoms with Crippen molar-refractivity contribution in [2.75, 3.05) is 26.3 Å². The zero-order chi connectivity index (χ0) is 25.8. The Bertz CT molecular complexity index is 815. The minimum Gasteiger partial charge on any atom is -0.465 e. The Labute approximate surface area is 214 Å². The van der Waals surface area contributed by atoms with Crippen LogP contribution in [-0.4, -0.2) is 81.1 Å². The van der Waals surface area contributed by atoms with Gasteiger partial charge in [0.05, 0.1) is 35.8 Å². The number of carbonyl (C=O) groups is 3. The lowest BCUT2D eigenvalue weighted by Gasteiger charge is -2.42. The van der Waals surface area contributed by atoms with Crippen molar-refractivity contribution in [3.8, 4) is 0 Å². The highest BCUT2D eigenvalue weighted by Crippen LogP contribution is 2.69. The number of aliphatic hydroxyl groups is 1. The van der Waals surface area contributed by atoms with E-state index in [4.69, 9.17) is 4.74 Å². The average molecular weight is 507 g/mol. The summed E-state index contributed by atoms with van der Waals surface area (Å²) in [5, 5.41) is 10.1. The number of nitrogens with zero attached hydrogens (tertiary/aromatic N) is 2. The van der Waals surface area contributed by atoms with E-state index in [1.165, 1.54) is 0 Å². The molecule has 0 aromatic heterocycles. The van der Waals surface area contributed by atoms with Crippen molar-refractivity contribution in [3.05, 3.63) is 25.3 Å². The Morgan fingerprint density at radius 1 is 1.31 bits per heavy atom. The van der Waals surface area contributed by atoms with E-state index < -0.39 is 28.7 Å². The predicted molar refractivity (Wildman–Crippen MR) is 139 cm³/mol. The van der Waals surface area contributed by atoms with Gasteiger partial charge in [-0.25, -0.2) is 0 Å². The van der Waals surface area contributed by atoms with Crippen LogP contribution in [0.2, 0.25) is 0 Å². The van der Waals surface area contributed by atoms with Gasteiger partial charge in [0.15, 0.2) is 0 Å². The summed E-state index contributed by atoms with van der Waals surface area (Å²) in [4.78, 5) is 45.0. The molecule has 2 amide bonds. The van der Waals surface area contributed by atoms with Gasteiger partial charge in [0.2, 0.25) is 11.8 Å². The summed E-state index contributed by atoms with van der Waals surface area (Å²) in [6.45, 7) is 14.7. The lowest BCUT2D eigenvalue weighted by molar-refractivity contribution is -0.155. The number of hydrogen-bond donors (Lipinski definition) is 1. The van der Waals surface area contributed by atoms with Crippen molar-refractivity contribution in [2.45, 2.75) is 81.4 Å². The molecule has 3 rings (SSSR count). The van der Waals surface area contributed by atoms with Gasteiger partial charge in [-0.15, -0.1) is 24.9 Å².